The van der Waals surface area contributed by atoms with Crippen LogP contribution in [0.2, 0.25) is 0 Å². The molecule has 0 spiro atoms. The Morgan fingerprint density at radius 3 is 2.48 bits per heavy atom. The van der Waals surface area contributed by atoms with E-state index >= 15 is 0 Å². The zero-order chi connectivity index (χ0) is 19.4. The monoisotopic (exact) mass is 375 g/mol. The Hall–Kier alpha value is -3.09. The molecular formula is C20H16F3NO3. The third-order valence-corrected chi connectivity index (χ3v) is 3.85. The maximum atomic E-state index is 12.6. The van der Waals surface area contributed by atoms with Gasteiger partial charge >= 0.3 is 12.1 Å². The molecule has 0 aliphatic heterocycles. The van der Waals surface area contributed by atoms with E-state index in [-0.39, 0.29) is 13.2 Å². The molecule has 3 aromatic rings. The maximum absolute atomic E-state index is 12.6. The number of rotatable bonds is 5. The van der Waals surface area contributed by atoms with Crippen molar-refractivity contribution in [1.29, 1.82) is 0 Å². The van der Waals surface area contributed by atoms with Gasteiger partial charge in [-0.25, -0.2) is 4.79 Å². The number of carbonyl (C=O) groups is 1. The number of nitrogens with zero attached hydrogens (tertiary/aromatic N) is 1. The maximum Gasteiger partial charge on any atom is 0.416 e. The predicted octanol–water partition coefficient (Wildman–Crippen LogP) is 5.01. The molecule has 0 amide bonds. The average molecular weight is 375 g/mol. The molecule has 0 aliphatic carbocycles. The van der Waals surface area contributed by atoms with Gasteiger partial charge in [-0.2, -0.15) is 13.2 Å². The number of hydrogen-bond acceptors (Lipinski definition) is 4. The molecule has 0 atom stereocenters. The van der Waals surface area contributed by atoms with Crippen LogP contribution in [-0.2, 0) is 17.5 Å². The van der Waals surface area contributed by atoms with Gasteiger partial charge in [-0.15, -0.1) is 0 Å². The second kappa shape index (κ2) is 7.65. The van der Waals surface area contributed by atoms with Gasteiger partial charge in [-0.3, -0.25) is 4.98 Å². The van der Waals surface area contributed by atoms with E-state index in [4.69, 9.17) is 9.47 Å². The summed E-state index contributed by atoms with van der Waals surface area (Å²) in [5, 5.41) is 0.700. The van der Waals surface area contributed by atoms with Gasteiger partial charge in [0.15, 0.2) is 0 Å². The summed E-state index contributed by atoms with van der Waals surface area (Å²) in [4.78, 5) is 16.0. The number of aromatic nitrogens is 1. The highest BCUT2D eigenvalue weighted by Gasteiger charge is 2.29. The molecule has 3 rings (SSSR count). The molecule has 0 radical (unpaired) electrons. The summed E-state index contributed by atoms with van der Waals surface area (Å²) in [6, 6.07) is 11.6. The second-order valence-electron chi connectivity index (χ2n) is 5.78. The van der Waals surface area contributed by atoms with Crippen molar-refractivity contribution < 1.29 is 27.4 Å². The molecule has 0 aliphatic rings. The van der Waals surface area contributed by atoms with Crippen LogP contribution < -0.4 is 4.74 Å². The fourth-order valence-corrected chi connectivity index (χ4v) is 2.48. The largest absolute Gasteiger partial charge is 0.489 e. The van der Waals surface area contributed by atoms with Crippen LogP contribution in [0.1, 0.15) is 28.4 Å². The van der Waals surface area contributed by atoms with Gasteiger partial charge in [0.2, 0.25) is 0 Å². The van der Waals surface area contributed by atoms with Gasteiger partial charge in [-0.1, -0.05) is 12.1 Å². The van der Waals surface area contributed by atoms with Gasteiger partial charge in [0.05, 0.1) is 23.3 Å². The predicted molar refractivity (Wildman–Crippen MR) is 93.5 cm³/mol. The molecule has 4 nitrogen and oxygen atoms in total. The molecule has 0 saturated heterocycles. The summed E-state index contributed by atoms with van der Waals surface area (Å²) in [6.45, 7) is 2.11. The lowest BCUT2D eigenvalue weighted by Crippen LogP contribution is -2.05. The summed E-state index contributed by atoms with van der Waals surface area (Å²) < 4.78 is 48.4. The Morgan fingerprint density at radius 2 is 1.81 bits per heavy atom. The highest BCUT2D eigenvalue weighted by Crippen LogP contribution is 2.29. The highest BCUT2D eigenvalue weighted by molar-refractivity contribution is 5.93. The molecule has 0 saturated carbocycles. The minimum atomic E-state index is -4.36. The van der Waals surface area contributed by atoms with Crippen LogP contribution in [0.4, 0.5) is 13.2 Å². The first-order valence-electron chi connectivity index (χ1n) is 8.22. The number of fused-ring (bicyclic) bond motifs is 1. The number of hydrogen-bond donors (Lipinski definition) is 0. The number of alkyl halides is 3. The SMILES string of the molecule is CCOC(=O)c1cnc2ccc(OCc3ccc(C(F)(F)F)cc3)cc2c1. The van der Waals surface area contributed by atoms with E-state index in [0.29, 0.717) is 27.8 Å². The molecular weight excluding hydrogens is 359 g/mol. The molecule has 1 heterocycles. The van der Waals surface area contributed by atoms with Gasteiger partial charge in [0.25, 0.3) is 0 Å². The lowest BCUT2D eigenvalue weighted by Gasteiger charge is -2.10. The van der Waals surface area contributed by atoms with E-state index in [0.717, 1.165) is 12.1 Å². The van der Waals surface area contributed by atoms with Crippen LogP contribution in [-0.4, -0.2) is 17.6 Å². The van der Waals surface area contributed by atoms with Crippen molar-refractivity contribution in [2.24, 2.45) is 0 Å². The normalized spacial score (nSPS) is 11.4. The smallest absolute Gasteiger partial charge is 0.416 e. The van der Waals surface area contributed by atoms with Gasteiger partial charge in [0, 0.05) is 11.6 Å². The number of ether oxygens (including phenoxy) is 2. The molecule has 0 N–H and O–H groups in total. The zero-order valence-corrected chi connectivity index (χ0v) is 14.4. The standard InChI is InChI=1S/C20H16F3NO3/c1-2-26-19(25)15-9-14-10-17(7-8-18(14)24-11-15)27-12-13-3-5-16(6-4-13)20(21,22)23/h3-11H,2,12H2,1H3. The third kappa shape index (κ3) is 4.55. The highest BCUT2D eigenvalue weighted by atomic mass is 19.4. The van der Waals surface area contributed by atoms with E-state index < -0.39 is 17.7 Å². The summed E-state index contributed by atoms with van der Waals surface area (Å²) in [7, 11) is 0. The van der Waals surface area contributed by atoms with E-state index in [1.165, 1.54) is 18.3 Å². The molecule has 0 fully saturated rings. The molecule has 27 heavy (non-hydrogen) atoms. The van der Waals surface area contributed by atoms with Crippen LogP contribution in [0.15, 0.2) is 54.7 Å². The number of benzene rings is 2. The summed E-state index contributed by atoms with van der Waals surface area (Å²) >= 11 is 0. The Balaban J connectivity index is 1.74. The fourth-order valence-electron chi connectivity index (χ4n) is 2.48. The first-order valence-corrected chi connectivity index (χ1v) is 8.22. The minimum absolute atomic E-state index is 0.120. The lowest BCUT2D eigenvalue weighted by molar-refractivity contribution is -0.137. The van der Waals surface area contributed by atoms with E-state index in [1.54, 1.807) is 31.2 Å². The van der Waals surface area contributed by atoms with Gasteiger partial charge in [-0.05, 0) is 48.9 Å². The van der Waals surface area contributed by atoms with Gasteiger partial charge in [0.1, 0.15) is 12.4 Å². The molecule has 140 valence electrons. The van der Waals surface area contributed by atoms with Crippen LogP contribution in [0.5, 0.6) is 5.75 Å². The summed E-state index contributed by atoms with van der Waals surface area (Å²) in [6.07, 6.45) is -2.91. The van der Waals surface area contributed by atoms with Crippen molar-refractivity contribution >= 4 is 16.9 Å². The minimum Gasteiger partial charge on any atom is -0.489 e. The van der Waals surface area contributed by atoms with Crippen molar-refractivity contribution in [2.75, 3.05) is 6.61 Å². The van der Waals surface area contributed by atoms with Crippen LogP contribution in [0, 0.1) is 0 Å². The second-order valence-corrected chi connectivity index (χ2v) is 5.78. The number of esters is 1. The fraction of sp³-hybridized carbons (Fsp3) is 0.200. The van der Waals surface area contributed by atoms with Gasteiger partial charge < -0.3 is 9.47 Å². The first kappa shape index (κ1) is 18.7. The van der Waals surface area contributed by atoms with E-state index in [1.807, 2.05) is 0 Å². The topological polar surface area (TPSA) is 48.4 Å². The summed E-state index contributed by atoms with van der Waals surface area (Å²) in [5.74, 6) is 0.0631. The Kier molecular flexibility index (Phi) is 5.30. The molecule has 1 aromatic heterocycles. The number of halogens is 3. The Bertz CT molecular complexity index is 953. The van der Waals surface area contributed by atoms with Crippen molar-refractivity contribution in [3.05, 3.63) is 71.4 Å². The van der Waals surface area contributed by atoms with Crippen molar-refractivity contribution in [3.63, 3.8) is 0 Å². The van der Waals surface area contributed by atoms with Crippen LogP contribution in [0.25, 0.3) is 10.9 Å². The number of carbonyl (C=O) groups excluding carboxylic acids is 1. The van der Waals surface area contributed by atoms with Crippen molar-refractivity contribution in [2.45, 2.75) is 19.7 Å². The zero-order valence-electron chi connectivity index (χ0n) is 14.4. The first-order chi connectivity index (χ1) is 12.9. The lowest BCUT2D eigenvalue weighted by atomic mass is 10.1. The molecule has 2 aromatic carbocycles. The van der Waals surface area contributed by atoms with E-state index in [9.17, 15) is 18.0 Å². The molecule has 7 heteroatoms. The van der Waals surface area contributed by atoms with Crippen LogP contribution in [0.3, 0.4) is 0 Å². The molecule has 0 unspecified atom stereocenters. The van der Waals surface area contributed by atoms with E-state index in [2.05, 4.69) is 4.98 Å². The average Bonchev–Trinajstić information content (AvgIpc) is 2.65. The Morgan fingerprint density at radius 1 is 1.07 bits per heavy atom. The quantitative estimate of drug-likeness (QED) is 0.588. The Labute approximate surface area is 153 Å². The van der Waals surface area contributed by atoms with Crippen molar-refractivity contribution in [1.82, 2.24) is 4.98 Å². The molecule has 0 bridgehead atoms. The number of pyridine rings is 1. The third-order valence-electron chi connectivity index (χ3n) is 3.85. The van der Waals surface area contributed by atoms with Crippen molar-refractivity contribution in [3.8, 4) is 5.75 Å². The summed E-state index contributed by atoms with van der Waals surface area (Å²) in [5.41, 5.74) is 0.935. The van der Waals surface area contributed by atoms with Crippen LogP contribution >= 0.6 is 0 Å².